The first kappa shape index (κ1) is 10.6. The van der Waals surface area contributed by atoms with Crippen molar-refractivity contribution in [3.63, 3.8) is 0 Å². The molecule has 0 aliphatic heterocycles. The smallest absolute Gasteiger partial charge is 0.187 e. The summed E-state index contributed by atoms with van der Waals surface area (Å²) in [5, 5.41) is 4.26. The number of nitrogens with one attached hydrogen (secondary N) is 1. The summed E-state index contributed by atoms with van der Waals surface area (Å²) in [5.74, 6) is 0.893. The molecule has 0 amide bonds. The van der Waals surface area contributed by atoms with Crippen LogP contribution in [0, 0.1) is 0 Å². The molecule has 4 heteroatoms. The second-order valence-electron chi connectivity index (χ2n) is 3.73. The lowest BCUT2D eigenvalue weighted by Crippen LogP contribution is -2.19. The molecule has 0 radical (unpaired) electrons. The Morgan fingerprint density at radius 1 is 1.47 bits per heavy atom. The Morgan fingerprint density at radius 3 is 2.87 bits per heavy atom. The summed E-state index contributed by atoms with van der Waals surface area (Å²) in [4.78, 5) is 8.30. The number of aromatic nitrogens is 2. The van der Waals surface area contributed by atoms with Gasteiger partial charge in [-0.2, -0.15) is 0 Å². The van der Waals surface area contributed by atoms with Crippen LogP contribution in [-0.4, -0.2) is 28.3 Å². The molecule has 0 aromatic carbocycles. The number of rotatable bonds is 6. The van der Waals surface area contributed by atoms with Crippen molar-refractivity contribution in [3.05, 3.63) is 30.6 Å². The summed E-state index contributed by atoms with van der Waals surface area (Å²) < 4.78 is 0. The van der Waals surface area contributed by atoms with E-state index < -0.39 is 0 Å². The first-order valence-corrected chi connectivity index (χ1v) is 6.13. The van der Waals surface area contributed by atoms with E-state index in [4.69, 9.17) is 0 Å². The number of hydrogen-bond donors (Lipinski definition) is 1. The SMILES string of the molecule is C=C(CNC1CC1)CSc1ncccn1. The van der Waals surface area contributed by atoms with Gasteiger partial charge >= 0.3 is 0 Å². The minimum atomic E-state index is 0.750. The zero-order chi connectivity index (χ0) is 10.5. The van der Waals surface area contributed by atoms with Crippen LogP contribution in [0.5, 0.6) is 0 Å². The molecule has 2 rings (SSSR count). The second-order valence-corrected chi connectivity index (χ2v) is 4.67. The predicted molar refractivity (Wildman–Crippen MR) is 62.9 cm³/mol. The summed E-state index contributed by atoms with van der Waals surface area (Å²) in [7, 11) is 0. The Balaban J connectivity index is 1.66. The van der Waals surface area contributed by atoms with Crippen molar-refractivity contribution in [3.8, 4) is 0 Å². The highest BCUT2D eigenvalue weighted by Gasteiger charge is 2.19. The predicted octanol–water partition coefficient (Wildman–Crippen LogP) is 1.88. The summed E-state index contributed by atoms with van der Waals surface area (Å²) in [6, 6.07) is 2.58. The molecule has 80 valence electrons. The molecule has 3 nitrogen and oxygen atoms in total. The van der Waals surface area contributed by atoms with Crippen LogP contribution in [0.2, 0.25) is 0 Å². The van der Waals surface area contributed by atoms with E-state index in [0.717, 1.165) is 23.5 Å². The summed E-state index contributed by atoms with van der Waals surface area (Å²) in [6.45, 7) is 4.95. The van der Waals surface area contributed by atoms with Crippen molar-refractivity contribution in [1.82, 2.24) is 15.3 Å². The lowest BCUT2D eigenvalue weighted by Gasteiger charge is -2.05. The fraction of sp³-hybridized carbons (Fsp3) is 0.455. The molecule has 0 spiro atoms. The minimum Gasteiger partial charge on any atom is -0.310 e. The highest BCUT2D eigenvalue weighted by atomic mass is 32.2. The van der Waals surface area contributed by atoms with Crippen LogP contribution >= 0.6 is 11.8 Å². The fourth-order valence-electron chi connectivity index (χ4n) is 1.15. The molecule has 0 bridgehead atoms. The van der Waals surface area contributed by atoms with Crippen LogP contribution < -0.4 is 5.32 Å². The van der Waals surface area contributed by atoms with E-state index in [1.54, 1.807) is 24.2 Å². The van der Waals surface area contributed by atoms with Crippen molar-refractivity contribution < 1.29 is 0 Å². The van der Waals surface area contributed by atoms with Gasteiger partial charge in [-0.1, -0.05) is 23.9 Å². The molecule has 1 saturated carbocycles. The van der Waals surface area contributed by atoms with Gasteiger partial charge in [-0.05, 0) is 18.9 Å². The van der Waals surface area contributed by atoms with Crippen LogP contribution in [0.4, 0.5) is 0 Å². The zero-order valence-corrected chi connectivity index (χ0v) is 9.46. The molecule has 1 aromatic rings. The molecule has 1 aromatic heterocycles. The highest BCUT2D eigenvalue weighted by Crippen LogP contribution is 2.19. The maximum atomic E-state index is 4.15. The molecule has 1 aliphatic rings. The summed E-state index contributed by atoms with van der Waals surface area (Å²) in [6.07, 6.45) is 6.17. The largest absolute Gasteiger partial charge is 0.310 e. The van der Waals surface area contributed by atoms with Gasteiger partial charge in [-0.3, -0.25) is 0 Å². The van der Waals surface area contributed by atoms with Crippen LogP contribution in [0.15, 0.2) is 35.8 Å². The van der Waals surface area contributed by atoms with Gasteiger partial charge in [-0.15, -0.1) is 0 Å². The van der Waals surface area contributed by atoms with Gasteiger partial charge < -0.3 is 5.32 Å². The fourth-order valence-corrected chi connectivity index (χ4v) is 1.86. The normalized spacial score (nSPS) is 15.2. The minimum absolute atomic E-state index is 0.750. The van der Waals surface area contributed by atoms with E-state index in [2.05, 4.69) is 21.9 Å². The Kier molecular flexibility index (Phi) is 3.75. The third kappa shape index (κ3) is 4.01. The molecular formula is C11H15N3S. The van der Waals surface area contributed by atoms with Crippen molar-refractivity contribution in [1.29, 1.82) is 0 Å². The number of hydrogen-bond acceptors (Lipinski definition) is 4. The first-order chi connectivity index (χ1) is 7.34. The van der Waals surface area contributed by atoms with Crippen LogP contribution in [0.1, 0.15) is 12.8 Å². The van der Waals surface area contributed by atoms with Gasteiger partial charge in [0, 0.05) is 30.7 Å². The Labute approximate surface area is 94.4 Å². The average molecular weight is 221 g/mol. The highest BCUT2D eigenvalue weighted by molar-refractivity contribution is 7.99. The second kappa shape index (κ2) is 5.28. The molecule has 1 N–H and O–H groups in total. The van der Waals surface area contributed by atoms with E-state index in [1.165, 1.54) is 18.4 Å². The molecule has 0 atom stereocenters. The van der Waals surface area contributed by atoms with Crippen molar-refractivity contribution in [2.75, 3.05) is 12.3 Å². The van der Waals surface area contributed by atoms with Gasteiger partial charge in [-0.25, -0.2) is 9.97 Å². The Hall–Kier alpha value is -0.870. The summed E-state index contributed by atoms with van der Waals surface area (Å²) in [5.41, 5.74) is 1.21. The molecule has 15 heavy (non-hydrogen) atoms. The third-order valence-corrected chi connectivity index (χ3v) is 3.19. The van der Waals surface area contributed by atoms with Gasteiger partial charge in [0.1, 0.15) is 0 Å². The van der Waals surface area contributed by atoms with E-state index in [-0.39, 0.29) is 0 Å². The Morgan fingerprint density at radius 2 is 2.20 bits per heavy atom. The lowest BCUT2D eigenvalue weighted by molar-refractivity contribution is 0.736. The average Bonchev–Trinajstić information content (AvgIpc) is 3.09. The van der Waals surface area contributed by atoms with Crippen molar-refractivity contribution >= 4 is 11.8 Å². The monoisotopic (exact) mass is 221 g/mol. The quantitative estimate of drug-likeness (QED) is 0.452. The Bertz CT molecular complexity index is 322. The zero-order valence-electron chi connectivity index (χ0n) is 8.65. The standard InChI is InChI=1S/C11H15N3S/c1-9(7-14-10-3-4-10)8-15-11-12-5-2-6-13-11/h2,5-6,10,14H,1,3-4,7-8H2. The topological polar surface area (TPSA) is 37.8 Å². The molecule has 0 unspecified atom stereocenters. The maximum absolute atomic E-state index is 4.15. The van der Waals surface area contributed by atoms with Gasteiger partial charge in [0.25, 0.3) is 0 Å². The van der Waals surface area contributed by atoms with E-state index in [0.29, 0.717) is 0 Å². The van der Waals surface area contributed by atoms with E-state index in [9.17, 15) is 0 Å². The maximum Gasteiger partial charge on any atom is 0.187 e. The van der Waals surface area contributed by atoms with Crippen molar-refractivity contribution in [2.45, 2.75) is 24.0 Å². The molecule has 1 fully saturated rings. The van der Waals surface area contributed by atoms with Gasteiger partial charge in [0.2, 0.25) is 0 Å². The molecule has 1 aliphatic carbocycles. The van der Waals surface area contributed by atoms with Crippen LogP contribution in [-0.2, 0) is 0 Å². The van der Waals surface area contributed by atoms with Gasteiger partial charge in [0.15, 0.2) is 5.16 Å². The lowest BCUT2D eigenvalue weighted by atomic mass is 10.3. The van der Waals surface area contributed by atoms with Crippen molar-refractivity contribution in [2.24, 2.45) is 0 Å². The van der Waals surface area contributed by atoms with E-state index in [1.807, 2.05) is 6.07 Å². The number of nitrogens with zero attached hydrogens (tertiary/aromatic N) is 2. The van der Waals surface area contributed by atoms with Gasteiger partial charge in [0.05, 0.1) is 0 Å². The molecule has 1 heterocycles. The van der Waals surface area contributed by atoms with Crippen LogP contribution in [0.3, 0.4) is 0 Å². The number of thioether (sulfide) groups is 1. The molecule has 0 saturated heterocycles. The summed E-state index contributed by atoms with van der Waals surface area (Å²) >= 11 is 1.64. The van der Waals surface area contributed by atoms with E-state index >= 15 is 0 Å². The van der Waals surface area contributed by atoms with Crippen LogP contribution in [0.25, 0.3) is 0 Å². The third-order valence-electron chi connectivity index (χ3n) is 2.17. The molecular weight excluding hydrogens is 206 g/mol. The first-order valence-electron chi connectivity index (χ1n) is 5.14.